The van der Waals surface area contributed by atoms with E-state index >= 15 is 0 Å². The Balaban J connectivity index is 2.14. The summed E-state index contributed by atoms with van der Waals surface area (Å²) in [5, 5.41) is 20.4. The van der Waals surface area contributed by atoms with Crippen LogP contribution in [0.1, 0.15) is 10.4 Å². The van der Waals surface area contributed by atoms with Gasteiger partial charge in [-0.3, -0.25) is 14.6 Å². The second-order valence-corrected chi connectivity index (χ2v) is 6.06. The van der Waals surface area contributed by atoms with E-state index in [4.69, 9.17) is 5.11 Å². The van der Waals surface area contributed by atoms with Crippen molar-refractivity contribution in [1.82, 2.24) is 10.3 Å². The fourth-order valence-corrected chi connectivity index (χ4v) is 2.62. The Labute approximate surface area is 145 Å². The number of nitrogens with zero attached hydrogens (tertiary/aromatic N) is 2. The number of amides is 2. The minimum atomic E-state index is -2.02. The van der Waals surface area contributed by atoms with E-state index < -0.39 is 28.2 Å². The molecule has 1 aromatic carbocycles. The first-order valence-electron chi connectivity index (χ1n) is 7.26. The molecular weight excluding hydrogens is 346 g/mol. The van der Waals surface area contributed by atoms with E-state index in [0.717, 1.165) is 0 Å². The molecule has 1 aromatic heterocycles. The topological polar surface area (TPSA) is 129 Å². The van der Waals surface area contributed by atoms with Gasteiger partial charge in [-0.05, 0) is 29.5 Å². The van der Waals surface area contributed by atoms with Gasteiger partial charge in [-0.15, -0.1) is 0 Å². The number of nitrogens with one attached hydrogen (secondary N) is 1. The summed E-state index contributed by atoms with van der Waals surface area (Å²) in [6.07, 6.45) is 2.80. The van der Waals surface area contributed by atoms with Crippen molar-refractivity contribution < 1.29 is 24.0 Å². The third-order valence-electron chi connectivity index (χ3n) is 3.04. The summed E-state index contributed by atoms with van der Waals surface area (Å²) in [7, 11) is -2.02. The average Bonchev–Trinajstić information content (AvgIpc) is 2.60. The Bertz CT molecular complexity index is 862. The molecule has 0 radical (unpaired) electrons. The van der Waals surface area contributed by atoms with E-state index in [9.17, 15) is 18.9 Å². The van der Waals surface area contributed by atoms with E-state index in [1.165, 1.54) is 30.6 Å². The molecule has 0 aliphatic carbocycles. The number of carbonyl (C=O) groups is 2. The predicted octanol–water partition coefficient (Wildman–Crippen LogP) is 0.850. The summed E-state index contributed by atoms with van der Waals surface area (Å²) in [5.74, 6) is -1.72. The van der Waals surface area contributed by atoms with Gasteiger partial charge in [-0.1, -0.05) is 12.1 Å². The van der Waals surface area contributed by atoms with Crippen molar-refractivity contribution in [3.8, 4) is 16.9 Å². The zero-order chi connectivity index (χ0) is 18.2. The van der Waals surface area contributed by atoms with Crippen molar-refractivity contribution in [3.63, 3.8) is 0 Å². The molecule has 0 unspecified atom stereocenters. The zero-order valence-electron chi connectivity index (χ0n) is 13.1. The maximum Gasteiger partial charge on any atom is 0.255 e. The number of carbonyl (C=O) groups excluding carboxylic acids is 2. The van der Waals surface area contributed by atoms with Gasteiger partial charge in [0.1, 0.15) is 5.75 Å². The lowest BCUT2D eigenvalue weighted by Gasteiger charge is -2.06. The second kappa shape index (κ2) is 8.90. The van der Waals surface area contributed by atoms with E-state index in [1.54, 1.807) is 12.1 Å². The Kier molecular flexibility index (Phi) is 6.61. The molecule has 9 heteroatoms. The number of aliphatic hydroxyl groups is 1. The van der Waals surface area contributed by atoms with Crippen molar-refractivity contribution in [2.24, 2.45) is 4.36 Å². The first-order chi connectivity index (χ1) is 12.0. The van der Waals surface area contributed by atoms with Crippen LogP contribution < -0.4 is 5.32 Å². The number of aliphatic hydroxyl groups excluding tert-OH is 1. The van der Waals surface area contributed by atoms with Gasteiger partial charge in [0.25, 0.3) is 5.91 Å². The van der Waals surface area contributed by atoms with E-state index in [-0.39, 0.29) is 24.5 Å². The van der Waals surface area contributed by atoms with Crippen molar-refractivity contribution in [3.05, 3.63) is 48.3 Å². The molecule has 0 atom stereocenters. The maximum absolute atomic E-state index is 12.1. The van der Waals surface area contributed by atoms with Gasteiger partial charge in [-0.25, -0.2) is 0 Å². The van der Waals surface area contributed by atoms with Gasteiger partial charge in [-0.2, -0.15) is 10.6 Å². The minimum Gasteiger partial charge on any atom is -0.508 e. The third kappa shape index (κ3) is 5.66. The molecule has 2 rings (SSSR count). The number of hydrogen-bond acceptors (Lipinski definition) is 7. The number of pyridine rings is 1. The fourth-order valence-electron chi connectivity index (χ4n) is 1.94. The highest BCUT2D eigenvalue weighted by Gasteiger charge is 2.06. The molecule has 25 heavy (non-hydrogen) atoms. The van der Waals surface area contributed by atoms with Crippen molar-refractivity contribution in [2.75, 3.05) is 18.9 Å². The molecule has 8 nitrogen and oxygen atoms in total. The largest absolute Gasteiger partial charge is 0.508 e. The molecule has 1 heterocycles. The van der Waals surface area contributed by atoms with Gasteiger partial charge >= 0.3 is 0 Å². The third-order valence-corrected chi connectivity index (χ3v) is 3.92. The Morgan fingerprint density at radius 2 is 2.00 bits per heavy atom. The molecule has 3 N–H and O–H groups in total. The summed E-state index contributed by atoms with van der Waals surface area (Å²) in [6.45, 7) is -0.193. The number of phenols is 1. The van der Waals surface area contributed by atoms with Gasteiger partial charge < -0.3 is 24.1 Å². The van der Waals surface area contributed by atoms with Crippen LogP contribution in [0.5, 0.6) is 5.75 Å². The normalized spacial score (nSPS) is 11.9. The van der Waals surface area contributed by atoms with Gasteiger partial charge in [0.05, 0.1) is 12.2 Å². The van der Waals surface area contributed by atoms with Crippen LogP contribution in [0.4, 0.5) is 0 Å². The van der Waals surface area contributed by atoms with Gasteiger partial charge in [0.2, 0.25) is 5.91 Å². The van der Waals surface area contributed by atoms with Crippen LogP contribution in [0.15, 0.2) is 47.1 Å². The second-order valence-electron chi connectivity index (χ2n) is 4.95. The Hall–Kier alpha value is -2.78. The smallest absolute Gasteiger partial charge is 0.255 e. The summed E-state index contributed by atoms with van der Waals surface area (Å²) in [6, 6.07) is 7.95. The van der Waals surface area contributed by atoms with Crippen LogP contribution >= 0.6 is 0 Å². The lowest BCUT2D eigenvalue weighted by Crippen LogP contribution is -2.29. The number of rotatable bonds is 6. The monoisotopic (exact) mass is 362 g/mol. The standard InChI is InChI=1S/C16H16N3O5S/c20-5-4-18-15(22)10-25(24)19-16(23)13-6-12(8-17-9-13)11-2-1-3-14(21)7-11/h1-3,6-9,20-21H,4-5,10H2,(H,18,22)/q-1. The van der Waals surface area contributed by atoms with Crippen LogP contribution in [-0.4, -0.2) is 45.9 Å². The molecule has 0 spiro atoms. The molecule has 132 valence electrons. The molecule has 0 aliphatic rings. The highest BCUT2D eigenvalue weighted by Crippen LogP contribution is 2.23. The molecule has 0 saturated heterocycles. The predicted molar refractivity (Wildman–Crippen MR) is 91.1 cm³/mol. The molecule has 0 aliphatic heterocycles. The van der Waals surface area contributed by atoms with Crippen molar-refractivity contribution >= 4 is 22.4 Å². The Morgan fingerprint density at radius 3 is 2.72 bits per heavy atom. The quantitative estimate of drug-likeness (QED) is 0.654. The van der Waals surface area contributed by atoms with Gasteiger partial charge in [0.15, 0.2) is 0 Å². The summed E-state index contributed by atoms with van der Waals surface area (Å²) in [5.41, 5.74) is 1.36. The summed E-state index contributed by atoms with van der Waals surface area (Å²) < 4.78 is 15.2. The molecule has 0 fully saturated rings. The number of aromatic nitrogens is 1. The molecule has 2 aromatic rings. The number of aromatic hydroxyl groups is 1. The number of hydrogen-bond donors (Lipinski definition) is 3. The average molecular weight is 362 g/mol. The van der Waals surface area contributed by atoms with Crippen LogP contribution in [-0.2, 0) is 19.6 Å². The van der Waals surface area contributed by atoms with E-state index in [2.05, 4.69) is 14.7 Å². The maximum atomic E-state index is 12.1. The van der Waals surface area contributed by atoms with E-state index in [0.29, 0.717) is 11.1 Å². The SMILES string of the molecule is O=C(C[S-](=O)=NC(=O)c1cncc(-c2cccc(O)c2)c1)NCCO. The van der Waals surface area contributed by atoms with Crippen LogP contribution in [0.2, 0.25) is 0 Å². The van der Waals surface area contributed by atoms with Crippen molar-refractivity contribution in [1.29, 1.82) is 0 Å². The summed E-state index contributed by atoms with van der Waals surface area (Å²) in [4.78, 5) is 27.4. The lowest BCUT2D eigenvalue weighted by atomic mass is 10.1. The zero-order valence-corrected chi connectivity index (χ0v) is 13.9. The summed E-state index contributed by atoms with van der Waals surface area (Å²) >= 11 is 0. The first kappa shape index (κ1) is 18.6. The molecule has 0 bridgehead atoms. The van der Waals surface area contributed by atoms with Crippen LogP contribution in [0.25, 0.3) is 11.1 Å². The van der Waals surface area contributed by atoms with Crippen molar-refractivity contribution in [2.45, 2.75) is 0 Å². The number of benzene rings is 1. The van der Waals surface area contributed by atoms with E-state index in [1.807, 2.05) is 0 Å². The highest BCUT2D eigenvalue weighted by molar-refractivity contribution is 7.76. The lowest BCUT2D eigenvalue weighted by molar-refractivity contribution is -0.118. The Morgan fingerprint density at radius 1 is 1.20 bits per heavy atom. The molecule has 2 amide bonds. The van der Waals surface area contributed by atoms with Crippen LogP contribution in [0, 0.1) is 0 Å². The highest BCUT2D eigenvalue weighted by atomic mass is 32.2. The molecular formula is C16H16N3O5S-. The first-order valence-corrected chi connectivity index (χ1v) is 8.54. The van der Waals surface area contributed by atoms with Gasteiger partial charge in [0, 0.05) is 24.5 Å². The molecule has 0 saturated carbocycles. The van der Waals surface area contributed by atoms with Crippen LogP contribution in [0.3, 0.4) is 0 Å². The minimum absolute atomic E-state index is 0.0415. The number of phenolic OH excluding ortho intramolecular Hbond substituents is 1. The fraction of sp³-hybridized carbons (Fsp3) is 0.188.